The van der Waals surface area contributed by atoms with Crippen LogP contribution < -0.4 is 22.1 Å². The molecule has 3 heterocycles. The normalized spacial score (nSPS) is 17.5. The highest BCUT2D eigenvalue weighted by molar-refractivity contribution is 6.31. The number of rotatable bonds is 4. The second-order valence-electron chi connectivity index (χ2n) is 8.01. The summed E-state index contributed by atoms with van der Waals surface area (Å²) < 4.78 is 2.00. The van der Waals surface area contributed by atoms with Gasteiger partial charge >= 0.3 is 0 Å². The van der Waals surface area contributed by atoms with Gasteiger partial charge < -0.3 is 31.5 Å². The van der Waals surface area contributed by atoms with E-state index in [1.165, 1.54) is 30.4 Å². The molecule has 32 heavy (non-hydrogen) atoms. The molecule has 1 aromatic carbocycles. The van der Waals surface area contributed by atoms with Gasteiger partial charge in [-0.2, -0.15) is 0 Å². The number of halogens is 1. The highest BCUT2D eigenvalue weighted by Crippen LogP contribution is 2.33. The van der Waals surface area contributed by atoms with Crippen LogP contribution in [-0.2, 0) is 17.8 Å². The van der Waals surface area contributed by atoms with Crippen LogP contribution in [-0.4, -0.2) is 51.5 Å². The predicted octanol–water partition coefficient (Wildman–Crippen LogP) is 2.13. The lowest BCUT2D eigenvalue weighted by atomic mass is 10.0. The second kappa shape index (κ2) is 10.7. The quantitative estimate of drug-likeness (QED) is 0.539. The van der Waals surface area contributed by atoms with Crippen molar-refractivity contribution in [2.45, 2.75) is 51.2 Å². The number of nitrogens with zero attached hydrogens (tertiary/aromatic N) is 5. The summed E-state index contributed by atoms with van der Waals surface area (Å²) in [6.45, 7) is 6.56. The van der Waals surface area contributed by atoms with E-state index in [0.717, 1.165) is 42.2 Å². The van der Waals surface area contributed by atoms with Gasteiger partial charge in [0.25, 0.3) is 0 Å². The van der Waals surface area contributed by atoms with E-state index >= 15 is 0 Å². The molecule has 0 bridgehead atoms. The predicted molar refractivity (Wildman–Crippen MR) is 129 cm³/mol. The van der Waals surface area contributed by atoms with Crippen LogP contribution in [0, 0.1) is 0 Å². The van der Waals surface area contributed by atoms with Crippen LogP contribution in [0.5, 0.6) is 0 Å². The molecule has 6 N–H and O–H groups in total. The van der Waals surface area contributed by atoms with Gasteiger partial charge in [-0.25, -0.2) is 15.0 Å². The number of imidazole rings is 1. The van der Waals surface area contributed by atoms with Crippen LogP contribution in [0.3, 0.4) is 0 Å². The zero-order valence-corrected chi connectivity index (χ0v) is 19.1. The van der Waals surface area contributed by atoms with E-state index in [2.05, 4.69) is 32.8 Å². The Balaban J connectivity index is 0.000000426. The van der Waals surface area contributed by atoms with E-state index in [1.807, 2.05) is 17.4 Å². The molecule has 2 aromatic heterocycles. The maximum Gasteiger partial charge on any atom is 0.165 e. The first-order chi connectivity index (χ1) is 15.5. The summed E-state index contributed by atoms with van der Waals surface area (Å²) in [4.78, 5) is 23.1. The molecule has 1 atom stereocenters. The van der Waals surface area contributed by atoms with E-state index in [1.54, 1.807) is 6.33 Å². The zero-order chi connectivity index (χ0) is 23.3. The van der Waals surface area contributed by atoms with Crippen molar-refractivity contribution in [3.8, 4) is 0 Å². The van der Waals surface area contributed by atoms with E-state index in [4.69, 9.17) is 33.6 Å². The lowest BCUT2D eigenvalue weighted by Crippen LogP contribution is -2.27. The van der Waals surface area contributed by atoms with E-state index < -0.39 is 0 Å². The van der Waals surface area contributed by atoms with Gasteiger partial charge in [0.2, 0.25) is 0 Å². The first kappa shape index (κ1) is 23.9. The first-order valence-electron chi connectivity index (χ1n) is 10.7. The maximum absolute atomic E-state index is 8.00. The van der Waals surface area contributed by atoms with E-state index in [0.29, 0.717) is 23.9 Å². The van der Waals surface area contributed by atoms with Gasteiger partial charge in [-0.1, -0.05) is 18.5 Å². The van der Waals surface area contributed by atoms with Gasteiger partial charge in [0.1, 0.15) is 18.6 Å². The topological polar surface area (TPSA) is 142 Å². The van der Waals surface area contributed by atoms with Crippen molar-refractivity contribution in [2.75, 3.05) is 23.7 Å². The third-order valence-electron chi connectivity index (χ3n) is 5.65. The van der Waals surface area contributed by atoms with Crippen molar-refractivity contribution in [3.63, 3.8) is 0 Å². The van der Waals surface area contributed by atoms with Crippen molar-refractivity contribution in [1.82, 2.24) is 19.5 Å². The SMILES string of the molecule is C=O.CCc1c(Cl)ccc(N2CCC(N)C2)c1Cn1cnc2c(N)ncnc21.NC1CC1. The summed E-state index contributed by atoms with van der Waals surface area (Å²) in [5.41, 5.74) is 22.1. The molecule has 1 unspecified atom stereocenters. The fraction of sp³-hybridized carbons (Fsp3) is 0.455. The molecule has 1 saturated heterocycles. The fourth-order valence-electron chi connectivity index (χ4n) is 3.79. The van der Waals surface area contributed by atoms with Gasteiger partial charge in [-0.05, 0) is 48.9 Å². The molecular formula is C22H31ClN8O. The van der Waals surface area contributed by atoms with Gasteiger partial charge in [-0.3, -0.25) is 0 Å². The number of hydrogen-bond acceptors (Lipinski definition) is 8. The molecule has 3 aromatic rings. The molecule has 1 aliphatic carbocycles. The average Bonchev–Trinajstić information content (AvgIpc) is 3.28. The standard InChI is InChI=1S/C18H22ClN7.C3H7N.CH2O/c1-2-12-13(8-26-10-24-16-17(21)22-9-23-18(16)26)15(4-3-14(12)19)25-6-5-11(20)7-25;4-3-1-2-3;1-2/h3-4,9-11H,2,5-8,20H2,1H3,(H2,21,22,23);3H,1-2,4H2;1H2. The van der Waals surface area contributed by atoms with Crippen LogP contribution in [0.25, 0.3) is 11.2 Å². The number of carbonyl (C=O) groups excluding carboxylic acids is 1. The van der Waals surface area contributed by atoms with Crippen LogP contribution in [0.1, 0.15) is 37.3 Å². The van der Waals surface area contributed by atoms with Crippen molar-refractivity contribution in [2.24, 2.45) is 11.5 Å². The number of aromatic nitrogens is 4. The second-order valence-corrected chi connectivity index (χ2v) is 8.42. The number of fused-ring (bicyclic) bond motifs is 1. The Morgan fingerprint density at radius 1 is 1.09 bits per heavy atom. The van der Waals surface area contributed by atoms with Gasteiger partial charge in [0.05, 0.1) is 12.9 Å². The Morgan fingerprint density at radius 3 is 2.41 bits per heavy atom. The lowest BCUT2D eigenvalue weighted by molar-refractivity contribution is -0.0979. The van der Waals surface area contributed by atoms with Gasteiger partial charge in [0, 0.05) is 35.9 Å². The Morgan fingerprint density at radius 2 is 1.81 bits per heavy atom. The van der Waals surface area contributed by atoms with Crippen molar-refractivity contribution in [3.05, 3.63) is 40.9 Å². The van der Waals surface area contributed by atoms with E-state index in [-0.39, 0.29) is 6.04 Å². The Hall–Kier alpha value is -2.75. The highest BCUT2D eigenvalue weighted by atomic mass is 35.5. The summed E-state index contributed by atoms with van der Waals surface area (Å²) in [6.07, 6.45) is 7.61. The molecule has 172 valence electrons. The van der Waals surface area contributed by atoms with Gasteiger partial charge in [0.15, 0.2) is 11.5 Å². The number of nitrogen functional groups attached to an aromatic ring is 1. The fourth-order valence-corrected chi connectivity index (χ4v) is 4.10. The number of benzene rings is 1. The number of anilines is 2. The smallest absolute Gasteiger partial charge is 0.165 e. The summed E-state index contributed by atoms with van der Waals surface area (Å²) in [5.74, 6) is 0.390. The molecule has 2 aliphatic rings. The largest absolute Gasteiger partial charge is 0.382 e. The molecule has 0 amide bonds. The number of nitrogens with two attached hydrogens (primary N) is 3. The summed E-state index contributed by atoms with van der Waals surface area (Å²) in [6, 6.07) is 4.87. The molecule has 0 radical (unpaired) electrons. The molecule has 2 fully saturated rings. The van der Waals surface area contributed by atoms with Crippen LogP contribution in [0.15, 0.2) is 24.8 Å². The minimum atomic E-state index is 0.213. The Bertz CT molecular complexity index is 1050. The highest BCUT2D eigenvalue weighted by Gasteiger charge is 2.24. The average molecular weight is 459 g/mol. The van der Waals surface area contributed by atoms with Crippen LogP contribution in [0.4, 0.5) is 11.5 Å². The molecular weight excluding hydrogens is 428 g/mol. The summed E-state index contributed by atoms with van der Waals surface area (Å²) in [5, 5.41) is 0.785. The minimum Gasteiger partial charge on any atom is -0.382 e. The first-order valence-corrected chi connectivity index (χ1v) is 11.1. The maximum atomic E-state index is 8.00. The Labute approximate surface area is 193 Å². The van der Waals surface area contributed by atoms with Gasteiger partial charge in [-0.15, -0.1) is 0 Å². The molecule has 1 saturated carbocycles. The molecule has 5 rings (SSSR count). The Kier molecular flexibility index (Phi) is 8.00. The summed E-state index contributed by atoms with van der Waals surface area (Å²) in [7, 11) is 0. The molecule has 0 spiro atoms. The van der Waals surface area contributed by atoms with Crippen LogP contribution in [0.2, 0.25) is 5.02 Å². The molecule has 10 heteroatoms. The van der Waals surface area contributed by atoms with Crippen molar-refractivity contribution >= 4 is 41.1 Å². The molecule has 9 nitrogen and oxygen atoms in total. The van der Waals surface area contributed by atoms with Crippen LogP contribution >= 0.6 is 11.6 Å². The zero-order valence-electron chi connectivity index (χ0n) is 18.4. The minimum absolute atomic E-state index is 0.213. The molecule has 1 aliphatic heterocycles. The van der Waals surface area contributed by atoms with E-state index in [9.17, 15) is 0 Å². The van der Waals surface area contributed by atoms with Crippen molar-refractivity contribution < 1.29 is 4.79 Å². The third kappa shape index (κ3) is 5.35. The van der Waals surface area contributed by atoms with Crippen molar-refractivity contribution in [1.29, 1.82) is 0 Å². The monoisotopic (exact) mass is 458 g/mol. The lowest BCUT2D eigenvalue weighted by Gasteiger charge is -2.25. The number of hydrogen-bond donors (Lipinski definition) is 3. The third-order valence-corrected chi connectivity index (χ3v) is 6.00. The summed E-state index contributed by atoms with van der Waals surface area (Å²) >= 11 is 6.51. The number of carbonyl (C=O) groups is 1.